The summed E-state index contributed by atoms with van der Waals surface area (Å²) in [6, 6.07) is 0. The van der Waals surface area contributed by atoms with Gasteiger partial charge in [0.2, 0.25) is 0 Å². The molecule has 0 aliphatic carbocycles. The monoisotopic (exact) mass is 175 g/mol. The number of nitrogens with zero attached hydrogens (tertiary/aromatic N) is 1. The number of hydrogen-bond acceptors (Lipinski definition) is 0. The van der Waals surface area contributed by atoms with Crippen LogP contribution in [0.1, 0.15) is 11.1 Å². The molecular weight excluding hydrogens is 167 g/mol. The van der Waals surface area contributed by atoms with Crippen LogP contribution in [0, 0.1) is 0 Å². The van der Waals surface area contributed by atoms with Crippen molar-refractivity contribution < 1.29 is 13.2 Å². The zero-order chi connectivity index (χ0) is 9.35. The highest BCUT2D eigenvalue weighted by atomic mass is 19.4. The number of hydrogen-bond donors (Lipinski definition) is 0. The van der Waals surface area contributed by atoms with Crippen molar-refractivity contribution in [3.05, 3.63) is 30.1 Å². The van der Waals surface area contributed by atoms with E-state index in [9.17, 15) is 13.2 Å². The first kappa shape index (κ1) is 8.90. The Balaban J connectivity index is 3.22. The van der Waals surface area contributed by atoms with Crippen LogP contribution in [-0.4, -0.2) is 4.57 Å². The van der Waals surface area contributed by atoms with Gasteiger partial charge in [0, 0.05) is 25.0 Å². The topological polar surface area (TPSA) is 4.93 Å². The highest BCUT2D eigenvalue weighted by Gasteiger charge is 2.33. The molecule has 1 aromatic heterocycles. The van der Waals surface area contributed by atoms with E-state index >= 15 is 0 Å². The lowest BCUT2D eigenvalue weighted by Gasteiger charge is -2.03. The van der Waals surface area contributed by atoms with E-state index in [2.05, 4.69) is 6.58 Å². The third-order valence-electron chi connectivity index (χ3n) is 1.51. The molecule has 0 bridgehead atoms. The largest absolute Gasteiger partial charge is 0.418 e. The SMILES string of the molecule is C=Cc1cn(C)cc1C(F)(F)F. The van der Waals surface area contributed by atoms with Gasteiger partial charge in [-0.1, -0.05) is 12.7 Å². The normalized spacial score (nSPS) is 11.7. The minimum Gasteiger partial charge on any atom is -0.356 e. The average Bonchev–Trinajstić information content (AvgIpc) is 2.29. The van der Waals surface area contributed by atoms with Crippen LogP contribution in [0.3, 0.4) is 0 Å². The van der Waals surface area contributed by atoms with Gasteiger partial charge in [0.25, 0.3) is 0 Å². The predicted octanol–water partition coefficient (Wildman–Crippen LogP) is 2.69. The van der Waals surface area contributed by atoms with E-state index in [0.29, 0.717) is 0 Å². The average molecular weight is 175 g/mol. The molecule has 0 spiro atoms. The van der Waals surface area contributed by atoms with Crippen LogP contribution in [0.4, 0.5) is 13.2 Å². The zero-order valence-corrected chi connectivity index (χ0v) is 6.52. The molecule has 1 heterocycles. The lowest BCUT2D eigenvalue weighted by molar-refractivity contribution is -0.137. The van der Waals surface area contributed by atoms with Gasteiger partial charge in [-0.2, -0.15) is 13.2 Å². The summed E-state index contributed by atoms with van der Waals surface area (Å²) in [6.07, 6.45) is -0.666. The minimum absolute atomic E-state index is 0.116. The van der Waals surface area contributed by atoms with E-state index in [4.69, 9.17) is 0 Å². The quantitative estimate of drug-likeness (QED) is 0.618. The van der Waals surface area contributed by atoms with Gasteiger partial charge in [0.05, 0.1) is 5.56 Å². The summed E-state index contributed by atoms with van der Waals surface area (Å²) < 4.78 is 37.9. The van der Waals surface area contributed by atoms with Crippen molar-refractivity contribution in [2.75, 3.05) is 0 Å². The van der Waals surface area contributed by atoms with Crippen molar-refractivity contribution >= 4 is 6.08 Å². The molecule has 0 aliphatic rings. The van der Waals surface area contributed by atoms with Crippen molar-refractivity contribution in [2.24, 2.45) is 7.05 Å². The zero-order valence-electron chi connectivity index (χ0n) is 6.52. The van der Waals surface area contributed by atoms with E-state index in [1.807, 2.05) is 0 Å². The molecule has 0 N–H and O–H groups in total. The fraction of sp³-hybridized carbons (Fsp3) is 0.250. The van der Waals surface area contributed by atoms with Crippen molar-refractivity contribution in [3.63, 3.8) is 0 Å². The number of alkyl halides is 3. The molecule has 0 aromatic carbocycles. The van der Waals surface area contributed by atoms with Crippen molar-refractivity contribution in [1.82, 2.24) is 4.57 Å². The molecular formula is C8H8F3N. The predicted molar refractivity (Wildman–Crippen MR) is 40.5 cm³/mol. The fourth-order valence-electron chi connectivity index (χ4n) is 1.00. The smallest absolute Gasteiger partial charge is 0.356 e. The molecule has 66 valence electrons. The molecule has 0 radical (unpaired) electrons. The Bertz CT molecular complexity index is 296. The molecule has 0 saturated heterocycles. The first-order valence-electron chi connectivity index (χ1n) is 3.30. The van der Waals surface area contributed by atoms with Crippen LogP contribution in [0.5, 0.6) is 0 Å². The van der Waals surface area contributed by atoms with E-state index in [0.717, 1.165) is 6.20 Å². The van der Waals surface area contributed by atoms with Gasteiger partial charge >= 0.3 is 6.18 Å². The van der Waals surface area contributed by atoms with Gasteiger partial charge in [-0.25, -0.2) is 0 Å². The summed E-state index contributed by atoms with van der Waals surface area (Å²) in [6.45, 7) is 3.31. The highest BCUT2D eigenvalue weighted by molar-refractivity contribution is 5.51. The summed E-state index contributed by atoms with van der Waals surface area (Å²) in [7, 11) is 1.54. The van der Waals surface area contributed by atoms with Gasteiger partial charge in [-0.05, 0) is 0 Å². The number of aryl methyl sites for hydroxylation is 1. The lowest BCUT2D eigenvalue weighted by Crippen LogP contribution is -2.04. The Kier molecular flexibility index (Phi) is 2.00. The standard InChI is InChI=1S/C8H8F3N/c1-3-6-4-12(2)5-7(6)8(9,10)11/h3-5H,1H2,2H3. The second kappa shape index (κ2) is 2.69. The maximum absolute atomic E-state index is 12.2. The number of aromatic nitrogens is 1. The molecule has 0 unspecified atom stereocenters. The fourth-order valence-corrected chi connectivity index (χ4v) is 1.00. The Morgan fingerprint density at radius 1 is 1.42 bits per heavy atom. The third kappa shape index (κ3) is 1.52. The summed E-state index contributed by atoms with van der Waals surface area (Å²) in [5.74, 6) is 0. The first-order chi connectivity index (χ1) is 5.45. The Hall–Kier alpha value is -1.19. The molecule has 0 amide bonds. The van der Waals surface area contributed by atoms with Crippen LogP contribution in [-0.2, 0) is 13.2 Å². The number of halogens is 3. The molecule has 0 aliphatic heterocycles. The Labute approximate surface area is 68.1 Å². The molecule has 1 nitrogen and oxygen atoms in total. The van der Waals surface area contributed by atoms with Crippen LogP contribution in [0.15, 0.2) is 19.0 Å². The molecule has 1 rings (SSSR count). The molecule has 1 aromatic rings. The van der Waals surface area contributed by atoms with Gasteiger partial charge in [0.1, 0.15) is 0 Å². The van der Waals surface area contributed by atoms with Crippen molar-refractivity contribution in [1.29, 1.82) is 0 Å². The van der Waals surface area contributed by atoms with E-state index in [1.165, 1.54) is 16.8 Å². The van der Waals surface area contributed by atoms with E-state index in [-0.39, 0.29) is 5.56 Å². The van der Waals surface area contributed by atoms with E-state index in [1.54, 1.807) is 7.05 Å². The van der Waals surface area contributed by atoms with Gasteiger partial charge < -0.3 is 4.57 Å². The van der Waals surface area contributed by atoms with Gasteiger partial charge in [0.15, 0.2) is 0 Å². The molecule has 0 atom stereocenters. The number of rotatable bonds is 1. The summed E-state index contributed by atoms with van der Waals surface area (Å²) in [5.41, 5.74) is -0.523. The van der Waals surface area contributed by atoms with Crippen LogP contribution >= 0.6 is 0 Å². The second-order valence-electron chi connectivity index (χ2n) is 2.49. The highest BCUT2D eigenvalue weighted by Crippen LogP contribution is 2.32. The van der Waals surface area contributed by atoms with Crippen LogP contribution in [0.25, 0.3) is 6.08 Å². The Morgan fingerprint density at radius 3 is 2.33 bits per heavy atom. The maximum atomic E-state index is 12.2. The maximum Gasteiger partial charge on any atom is 0.418 e. The molecule has 12 heavy (non-hydrogen) atoms. The molecule has 0 saturated carbocycles. The summed E-state index contributed by atoms with van der Waals surface area (Å²) >= 11 is 0. The van der Waals surface area contributed by atoms with Crippen LogP contribution in [0.2, 0.25) is 0 Å². The summed E-state index contributed by atoms with van der Waals surface area (Å²) in [4.78, 5) is 0. The first-order valence-corrected chi connectivity index (χ1v) is 3.30. The van der Waals surface area contributed by atoms with Crippen molar-refractivity contribution in [2.45, 2.75) is 6.18 Å². The third-order valence-corrected chi connectivity index (χ3v) is 1.51. The molecule has 0 fully saturated rings. The Morgan fingerprint density at radius 2 is 2.00 bits per heavy atom. The van der Waals surface area contributed by atoms with E-state index < -0.39 is 11.7 Å². The van der Waals surface area contributed by atoms with Gasteiger partial charge in [-0.3, -0.25) is 0 Å². The van der Waals surface area contributed by atoms with Crippen molar-refractivity contribution in [3.8, 4) is 0 Å². The second-order valence-corrected chi connectivity index (χ2v) is 2.49. The minimum atomic E-state index is -4.29. The molecule has 4 heteroatoms. The van der Waals surface area contributed by atoms with Gasteiger partial charge in [-0.15, -0.1) is 0 Å². The lowest BCUT2D eigenvalue weighted by atomic mass is 10.2. The van der Waals surface area contributed by atoms with Crippen LogP contribution < -0.4 is 0 Å². The summed E-state index contributed by atoms with van der Waals surface area (Å²) in [5, 5.41) is 0.